The fourth-order valence-electron chi connectivity index (χ4n) is 2.25. The zero-order valence-corrected chi connectivity index (χ0v) is 11.2. The van der Waals surface area contributed by atoms with Gasteiger partial charge in [0.15, 0.2) is 6.10 Å². The van der Waals surface area contributed by atoms with Crippen LogP contribution in [0.25, 0.3) is 0 Å². The van der Waals surface area contributed by atoms with Gasteiger partial charge in [0.1, 0.15) is 12.0 Å². The molecule has 19 heavy (non-hydrogen) atoms. The molecule has 1 saturated heterocycles. The van der Waals surface area contributed by atoms with E-state index >= 15 is 0 Å². The summed E-state index contributed by atoms with van der Waals surface area (Å²) in [5.41, 5.74) is 0.599. The smallest absolute Gasteiger partial charge is 0.263 e. The predicted molar refractivity (Wildman–Crippen MR) is 72.4 cm³/mol. The molecule has 0 saturated carbocycles. The van der Waals surface area contributed by atoms with E-state index in [0.29, 0.717) is 11.3 Å². The highest BCUT2D eigenvalue weighted by molar-refractivity contribution is 5.81. The number of hydrogen-bond donors (Lipinski definition) is 0. The first kappa shape index (κ1) is 13.6. The fraction of sp³-hybridized carbons (Fsp3) is 0.467. The summed E-state index contributed by atoms with van der Waals surface area (Å²) in [6.45, 7) is 3.43. The highest BCUT2D eigenvalue weighted by Gasteiger charge is 2.23. The Morgan fingerprint density at radius 2 is 1.84 bits per heavy atom. The molecule has 4 nitrogen and oxygen atoms in total. The van der Waals surface area contributed by atoms with Crippen molar-refractivity contribution in [3.05, 3.63) is 29.8 Å². The first-order valence-corrected chi connectivity index (χ1v) is 6.71. The predicted octanol–water partition coefficient (Wildman–Crippen LogP) is 2.28. The third-order valence-corrected chi connectivity index (χ3v) is 3.34. The van der Waals surface area contributed by atoms with Gasteiger partial charge in [-0.1, -0.05) is 0 Å². The molecule has 1 atom stereocenters. The minimum Gasteiger partial charge on any atom is -0.481 e. The van der Waals surface area contributed by atoms with Gasteiger partial charge >= 0.3 is 0 Å². The molecular weight excluding hydrogens is 242 g/mol. The number of nitrogens with zero attached hydrogens (tertiary/aromatic N) is 1. The summed E-state index contributed by atoms with van der Waals surface area (Å²) in [6, 6.07) is 6.79. The summed E-state index contributed by atoms with van der Waals surface area (Å²) < 4.78 is 5.62. The van der Waals surface area contributed by atoms with Crippen LogP contribution in [0.5, 0.6) is 5.75 Å². The van der Waals surface area contributed by atoms with E-state index in [1.54, 1.807) is 31.2 Å². The molecule has 1 unspecified atom stereocenters. The molecule has 102 valence electrons. The minimum absolute atomic E-state index is 0.0409. The van der Waals surface area contributed by atoms with Gasteiger partial charge < -0.3 is 9.64 Å². The number of hydrogen-bond acceptors (Lipinski definition) is 3. The topological polar surface area (TPSA) is 46.6 Å². The zero-order valence-electron chi connectivity index (χ0n) is 11.2. The molecule has 1 amide bonds. The lowest BCUT2D eigenvalue weighted by molar-refractivity contribution is -0.138. The van der Waals surface area contributed by atoms with E-state index in [1.165, 1.54) is 6.42 Å². The first-order valence-electron chi connectivity index (χ1n) is 6.71. The van der Waals surface area contributed by atoms with E-state index in [2.05, 4.69) is 0 Å². The summed E-state index contributed by atoms with van der Waals surface area (Å²) in [4.78, 5) is 24.6. The number of rotatable bonds is 4. The largest absolute Gasteiger partial charge is 0.481 e. The molecule has 0 radical (unpaired) electrons. The molecule has 1 aromatic rings. The summed E-state index contributed by atoms with van der Waals surface area (Å²) in [5.74, 6) is 0.655. The molecule has 1 aliphatic rings. The Morgan fingerprint density at radius 1 is 1.21 bits per heavy atom. The quantitative estimate of drug-likeness (QED) is 0.781. The molecule has 0 aromatic heterocycles. The van der Waals surface area contributed by atoms with Gasteiger partial charge in [-0.25, -0.2) is 0 Å². The summed E-state index contributed by atoms with van der Waals surface area (Å²) in [6.07, 6.45) is 3.65. The molecule has 1 fully saturated rings. The average molecular weight is 261 g/mol. The van der Waals surface area contributed by atoms with Crippen LogP contribution in [-0.2, 0) is 4.79 Å². The van der Waals surface area contributed by atoms with E-state index in [9.17, 15) is 9.59 Å². The second kappa shape index (κ2) is 6.36. The van der Waals surface area contributed by atoms with Crippen LogP contribution < -0.4 is 4.74 Å². The monoisotopic (exact) mass is 261 g/mol. The summed E-state index contributed by atoms with van der Waals surface area (Å²) >= 11 is 0. The van der Waals surface area contributed by atoms with Crippen LogP contribution in [0.3, 0.4) is 0 Å². The lowest BCUT2D eigenvalue weighted by Gasteiger charge is -2.29. The van der Waals surface area contributed by atoms with Gasteiger partial charge in [0, 0.05) is 18.7 Å². The maximum absolute atomic E-state index is 12.2. The molecule has 0 spiro atoms. The fourth-order valence-corrected chi connectivity index (χ4v) is 2.25. The Labute approximate surface area is 113 Å². The Bertz CT molecular complexity index is 435. The SMILES string of the molecule is CC(Oc1ccc(C=O)cc1)C(=O)N1CCCCC1. The van der Waals surface area contributed by atoms with Crippen molar-refractivity contribution < 1.29 is 14.3 Å². The van der Waals surface area contributed by atoms with Crippen molar-refractivity contribution >= 4 is 12.2 Å². The van der Waals surface area contributed by atoms with Crippen LogP contribution in [0.2, 0.25) is 0 Å². The molecule has 0 bridgehead atoms. The van der Waals surface area contributed by atoms with Crippen LogP contribution in [0, 0.1) is 0 Å². The number of piperidine rings is 1. The number of likely N-dealkylation sites (tertiary alicyclic amines) is 1. The highest BCUT2D eigenvalue weighted by atomic mass is 16.5. The second-order valence-electron chi connectivity index (χ2n) is 4.83. The number of carbonyl (C=O) groups is 2. The van der Waals surface area contributed by atoms with Crippen LogP contribution in [0.15, 0.2) is 24.3 Å². The molecule has 2 rings (SSSR count). The number of ether oxygens (including phenoxy) is 1. The Morgan fingerprint density at radius 3 is 2.42 bits per heavy atom. The van der Waals surface area contributed by atoms with Crippen LogP contribution in [0.1, 0.15) is 36.5 Å². The van der Waals surface area contributed by atoms with Gasteiger partial charge in [0.2, 0.25) is 0 Å². The van der Waals surface area contributed by atoms with E-state index in [1.807, 2.05) is 4.90 Å². The van der Waals surface area contributed by atoms with Gasteiger partial charge in [-0.3, -0.25) is 9.59 Å². The standard InChI is InChI=1S/C15H19NO3/c1-12(15(18)16-9-3-2-4-10-16)19-14-7-5-13(11-17)6-8-14/h5-8,11-12H,2-4,9-10H2,1H3. The zero-order chi connectivity index (χ0) is 13.7. The molecule has 4 heteroatoms. The van der Waals surface area contributed by atoms with E-state index in [0.717, 1.165) is 32.2 Å². The van der Waals surface area contributed by atoms with Crippen LogP contribution in [-0.4, -0.2) is 36.3 Å². The maximum atomic E-state index is 12.2. The van der Waals surface area contributed by atoms with Crippen molar-refractivity contribution in [3.8, 4) is 5.75 Å². The summed E-state index contributed by atoms with van der Waals surface area (Å²) in [7, 11) is 0. The molecule has 0 aliphatic carbocycles. The maximum Gasteiger partial charge on any atom is 0.263 e. The normalized spacial score (nSPS) is 16.8. The van der Waals surface area contributed by atoms with Crippen molar-refractivity contribution in [2.75, 3.05) is 13.1 Å². The van der Waals surface area contributed by atoms with Crippen molar-refractivity contribution in [2.24, 2.45) is 0 Å². The van der Waals surface area contributed by atoms with Crippen molar-refractivity contribution in [1.82, 2.24) is 4.90 Å². The van der Waals surface area contributed by atoms with Crippen LogP contribution in [0.4, 0.5) is 0 Å². The third kappa shape index (κ3) is 3.56. The third-order valence-electron chi connectivity index (χ3n) is 3.34. The molecule has 0 N–H and O–H groups in total. The molecule has 1 heterocycles. The second-order valence-corrected chi connectivity index (χ2v) is 4.83. The Balaban J connectivity index is 1.93. The number of aldehydes is 1. The van der Waals surface area contributed by atoms with E-state index < -0.39 is 6.10 Å². The van der Waals surface area contributed by atoms with Crippen molar-refractivity contribution in [1.29, 1.82) is 0 Å². The Hall–Kier alpha value is -1.84. The lowest BCUT2D eigenvalue weighted by Crippen LogP contribution is -2.43. The van der Waals surface area contributed by atoms with Crippen molar-refractivity contribution in [3.63, 3.8) is 0 Å². The summed E-state index contributed by atoms with van der Waals surface area (Å²) in [5, 5.41) is 0. The Kier molecular flexibility index (Phi) is 4.55. The van der Waals surface area contributed by atoms with Gasteiger partial charge in [-0.05, 0) is 50.5 Å². The van der Waals surface area contributed by atoms with Gasteiger partial charge in [-0.15, -0.1) is 0 Å². The van der Waals surface area contributed by atoms with E-state index in [4.69, 9.17) is 4.74 Å². The van der Waals surface area contributed by atoms with Gasteiger partial charge in [0.05, 0.1) is 0 Å². The molecular formula is C15H19NO3. The van der Waals surface area contributed by atoms with Gasteiger partial charge in [-0.2, -0.15) is 0 Å². The highest BCUT2D eigenvalue weighted by Crippen LogP contribution is 2.16. The van der Waals surface area contributed by atoms with Crippen LogP contribution >= 0.6 is 0 Å². The van der Waals surface area contributed by atoms with Gasteiger partial charge in [0.25, 0.3) is 5.91 Å². The average Bonchev–Trinajstić information content (AvgIpc) is 2.48. The van der Waals surface area contributed by atoms with Crippen molar-refractivity contribution in [2.45, 2.75) is 32.3 Å². The first-order chi connectivity index (χ1) is 9.20. The number of amides is 1. The minimum atomic E-state index is -0.486. The lowest BCUT2D eigenvalue weighted by atomic mass is 10.1. The number of benzene rings is 1. The molecule has 1 aromatic carbocycles. The molecule has 1 aliphatic heterocycles. The van der Waals surface area contributed by atoms with E-state index in [-0.39, 0.29) is 5.91 Å². The number of carbonyl (C=O) groups excluding carboxylic acids is 2.